The molecular formula is C13H21ClN2O2. The molecule has 102 valence electrons. The van der Waals surface area contributed by atoms with Crippen LogP contribution in [0, 0.1) is 5.41 Å². The van der Waals surface area contributed by atoms with Crippen LogP contribution < -0.4 is 4.74 Å². The van der Waals surface area contributed by atoms with Gasteiger partial charge < -0.3 is 14.7 Å². The highest BCUT2D eigenvalue weighted by Gasteiger charge is 2.20. The van der Waals surface area contributed by atoms with Crippen molar-refractivity contribution in [2.75, 3.05) is 27.2 Å². The molecule has 0 spiro atoms. The zero-order chi connectivity index (χ0) is 13.8. The summed E-state index contributed by atoms with van der Waals surface area (Å²) < 4.78 is 5.65. The fraction of sp³-hybridized carbons (Fsp3) is 0.615. The predicted molar refractivity (Wildman–Crippen MR) is 73.0 cm³/mol. The first-order valence-electron chi connectivity index (χ1n) is 5.87. The van der Waals surface area contributed by atoms with Crippen molar-refractivity contribution in [3.63, 3.8) is 0 Å². The minimum Gasteiger partial charge on any atom is -0.476 e. The number of ether oxygens (including phenoxy) is 1. The summed E-state index contributed by atoms with van der Waals surface area (Å²) in [6, 6.07) is 1.67. The van der Waals surface area contributed by atoms with Crippen LogP contribution in [0.3, 0.4) is 0 Å². The third-order valence-electron chi connectivity index (χ3n) is 2.39. The van der Waals surface area contributed by atoms with Crippen molar-refractivity contribution >= 4 is 11.6 Å². The molecule has 1 heterocycles. The van der Waals surface area contributed by atoms with E-state index in [-0.39, 0.29) is 12.0 Å². The molecule has 1 N–H and O–H groups in total. The van der Waals surface area contributed by atoms with Gasteiger partial charge in [0.15, 0.2) is 0 Å². The summed E-state index contributed by atoms with van der Waals surface area (Å²) in [6.07, 6.45) is 1.57. The van der Waals surface area contributed by atoms with Gasteiger partial charge in [-0.3, -0.25) is 0 Å². The minimum atomic E-state index is -0.0703. The number of pyridine rings is 1. The maximum absolute atomic E-state index is 8.97. The molecule has 0 bridgehead atoms. The molecule has 4 nitrogen and oxygen atoms in total. The van der Waals surface area contributed by atoms with Gasteiger partial charge in [0.1, 0.15) is 5.02 Å². The second kappa shape index (κ2) is 6.36. The molecule has 0 aliphatic carbocycles. The van der Waals surface area contributed by atoms with Gasteiger partial charge in [0.05, 0.1) is 13.2 Å². The molecule has 0 aliphatic rings. The van der Waals surface area contributed by atoms with Crippen molar-refractivity contribution in [3.8, 4) is 5.88 Å². The van der Waals surface area contributed by atoms with E-state index in [9.17, 15) is 0 Å². The molecule has 0 saturated heterocycles. The molecule has 1 rings (SSSR count). The van der Waals surface area contributed by atoms with E-state index in [4.69, 9.17) is 21.4 Å². The summed E-state index contributed by atoms with van der Waals surface area (Å²) in [4.78, 5) is 6.22. The highest BCUT2D eigenvalue weighted by molar-refractivity contribution is 6.31. The first-order valence-corrected chi connectivity index (χ1v) is 6.25. The summed E-state index contributed by atoms with van der Waals surface area (Å²) in [6.45, 7) is 5.64. The van der Waals surface area contributed by atoms with Crippen molar-refractivity contribution in [1.29, 1.82) is 0 Å². The van der Waals surface area contributed by atoms with Crippen LogP contribution in [-0.2, 0) is 6.61 Å². The number of nitrogens with zero attached hydrogens (tertiary/aromatic N) is 2. The molecule has 0 aliphatic heterocycles. The Morgan fingerprint density at radius 2 is 2.11 bits per heavy atom. The number of hydrogen-bond acceptors (Lipinski definition) is 4. The molecule has 1 aromatic rings. The second-order valence-electron chi connectivity index (χ2n) is 5.48. The third-order valence-corrected chi connectivity index (χ3v) is 2.66. The quantitative estimate of drug-likeness (QED) is 0.862. The molecule has 18 heavy (non-hydrogen) atoms. The van der Waals surface area contributed by atoms with E-state index in [0.29, 0.717) is 23.1 Å². The Kier molecular flexibility index (Phi) is 5.38. The molecule has 0 saturated carbocycles. The van der Waals surface area contributed by atoms with Crippen molar-refractivity contribution in [2.45, 2.75) is 20.5 Å². The van der Waals surface area contributed by atoms with E-state index in [0.717, 1.165) is 6.54 Å². The van der Waals surface area contributed by atoms with Crippen molar-refractivity contribution in [1.82, 2.24) is 9.88 Å². The van der Waals surface area contributed by atoms with Crippen LogP contribution >= 0.6 is 11.6 Å². The lowest BCUT2D eigenvalue weighted by Crippen LogP contribution is -2.33. The Morgan fingerprint density at radius 1 is 1.44 bits per heavy atom. The number of hydrogen-bond donors (Lipinski definition) is 1. The van der Waals surface area contributed by atoms with E-state index >= 15 is 0 Å². The minimum absolute atomic E-state index is 0.0180. The van der Waals surface area contributed by atoms with Gasteiger partial charge >= 0.3 is 0 Å². The highest BCUT2D eigenvalue weighted by atomic mass is 35.5. The van der Waals surface area contributed by atoms with Gasteiger partial charge in [-0.2, -0.15) is 0 Å². The lowest BCUT2D eigenvalue weighted by atomic mass is 9.94. The third kappa shape index (κ3) is 4.80. The lowest BCUT2D eigenvalue weighted by Gasteiger charge is -2.27. The normalized spacial score (nSPS) is 11.9. The molecule has 0 radical (unpaired) electrons. The molecule has 0 aromatic carbocycles. The highest BCUT2D eigenvalue weighted by Crippen LogP contribution is 2.25. The summed E-state index contributed by atoms with van der Waals surface area (Å²) in [5.74, 6) is 0.417. The summed E-state index contributed by atoms with van der Waals surface area (Å²) in [5, 5.41) is 9.40. The average Bonchev–Trinajstić information content (AvgIpc) is 2.25. The van der Waals surface area contributed by atoms with Crippen LogP contribution in [0.5, 0.6) is 5.88 Å². The number of aliphatic hydroxyl groups excluding tert-OH is 1. The average molecular weight is 273 g/mol. The number of aromatic nitrogens is 1. The Balaban J connectivity index is 2.63. The maximum atomic E-state index is 8.97. The van der Waals surface area contributed by atoms with Gasteiger partial charge in [0.25, 0.3) is 0 Å². The van der Waals surface area contributed by atoms with Crippen LogP contribution in [0.25, 0.3) is 0 Å². The van der Waals surface area contributed by atoms with Crippen LogP contribution in [0.4, 0.5) is 0 Å². The standard InChI is InChI=1S/C13H21ClN2O2/c1-13(2,8-16(3)4)9-18-12-11(14)5-10(7-17)6-15-12/h5-6,17H,7-9H2,1-4H3. The summed E-state index contributed by atoms with van der Waals surface area (Å²) >= 11 is 6.03. The van der Waals surface area contributed by atoms with Gasteiger partial charge in [0.2, 0.25) is 5.88 Å². The zero-order valence-electron chi connectivity index (χ0n) is 11.4. The number of halogens is 1. The smallest absolute Gasteiger partial charge is 0.232 e. The van der Waals surface area contributed by atoms with Crippen LogP contribution in [0.1, 0.15) is 19.4 Å². The second-order valence-corrected chi connectivity index (χ2v) is 5.89. The Labute approximate surface area is 114 Å². The van der Waals surface area contributed by atoms with Crippen LogP contribution in [-0.4, -0.2) is 42.2 Å². The predicted octanol–water partition coefficient (Wildman–Crippen LogP) is 2.19. The van der Waals surface area contributed by atoms with Gasteiger partial charge in [-0.15, -0.1) is 0 Å². The van der Waals surface area contributed by atoms with E-state index in [2.05, 4.69) is 23.7 Å². The van der Waals surface area contributed by atoms with E-state index in [1.165, 1.54) is 0 Å². The van der Waals surface area contributed by atoms with Crippen LogP contribution in [0.2, 0.25) is 5.02 Å². The number of rotatable bonds is 6. The largest absolute Gasteiger partial charge is 0.476 e. The number of aliphatic hydroxyl groups is 1. The van der Waals surface area contributed by atoms with E-state index < -0.39 is 0 Å². The summed E-state index contributed by atoms with van der Waals surface area (Å²) in [7, 11) is 4.06. The zero-order valence-corrected chi connectivity index (χ0v) is 12.2. The monoisotopic (exact) mass is 272 g/mol. The fourth-order valence-corrected chi connectivity index (χ4v) is 2.07. The van der Waals surface area contributed by atoms with Gasteiger partial charge in [-0.05, 0) is 25.7 Å². The molecule has 1 aromatic heterocycles. The van der Waals surface area contributed by atoms with Crippen molar-refractivity contribution < 1.29 is 9.84 Å². The first kappa shape index (κ1) is 15.2. The Morgan fingerprint density at radius 3 is 2.61 bits per heavy atom. The van der Waals surface area contributed by atoms with Crippen molar-refractivity contribution in [3.05, 3.63) is 22.8 Å². The SMILES string of the molecule is CN(C)CC(C)(C)COc1ncc(CO)cc1Cl. The summed E-state index contributed by atoms with van der Waals surface area (Å²) in [5.41, 5.74) is 0.698. The topological polar surface area (TPSA) is 45.6 Å². The molecular weight excluding hydrogens is 252 g/mol. The van der Waals surface area contributed by atoms with Gasteiger partial charge in [-0.25, -0.2) is 4.98 Å². The van der Waals surface area contributed by atoms with E-state index in [1.807, 2.05) is 14.1 Å². The molecule has 0 fully saturated rings. The van der Waals surface area contributed by atoms with Gasteiger partial charge in [0, 0.05) is 18.2 Å². The Hall–Kier alpha value is -0.840. The molecule has 0 atom stereocenters. The van der Waals surface area contributed by atoms with E-state index in [1.54, 1.807) is 12.3 Å². The molecule has 0 amide bonds. The molecule has 5 heteroatoms. The maximum Gasteiger partial charge on any atom is 0.232 e. The van der Waals surface area contributed by atoms with Crippen LogP contribution in [0.15, 0.2) is 12.3 Å². The van der Waals surface area contributed by atoms with Gasteiger partial charge in [-0.1, -0.05) is 25.4 Å². The van der Waals surface area contributed by atoms with Crippen molar-refractivity contribution in [2.24, 2.45) is 5.41 Å². The molecule has 0 unspecified atom stereocenters. The fourth-order valence-electron chi connectivity index (χ4n) is 1.82. The Bertz CT molecular complexity index is 395. The first-order chi connectivity index (χ1) is 8.34. The lowest BCUT2D eigenvalue weighted by molar-refractivity contribution is 0.137.